The Hall–Kier alpha value is -1.10. The first-order valence-corrected chi connectivity index (χ1v) is 3.54. The third-order valence-corrected chi connectivity index (χ3v) is 1.80. The van der Waals surface area contributed by atoms with Gasteiger partial charge in [0.05, 0.1) is 10.2 Å². The Kier molecular flexibility index (Phi) is 2.09. The highest BCUT2D eigenvalue weighted by atomic mass is 79.9. The van der Waals surface area contributed by atoms with E-state index < -0.39 is 5.97 Å². The summed E-state index contributed by atoms with van der Waals surface area (Å²) >= 11 is 3.06. The molecule has 1 rings (SSSR count). The first-order chi connectivity index (χ1) is 5.13. The number of rotatable bonds is 1. The largest absolute Gasteiger partial charge is 0.478 e. The highest BCUT2D eigenvalue weighted by molar-refractivity contribution is 9.10. The fourth-order valence-corrected chi connectivity index (χ4v) is 0.947. The zero-order valence-electron chi connectivity index (χ0n) is 5.41. The smallest absolute Gasteiger partial charge is 0.339 e. The molecule has 0 saturated heterocycles. The molecule has 1 heterocycles. The number of pyridine rings is 1. The van der Waals surface area contributed by atoms with E-state index >= 15 is 0 Å². The van der Waals surface area contributed by atoms with Crippen LogP contribution in [0.15, 0.2) is 16.9 Å². The van der Waals surface area contributed by atoms with Crippen molar-refractivity contribution in [3.63, 3.8) is 0 Å². The fraction of sp³-hybridized carbons (Fsp3) is 0. The van der Waals surface area contributed by atoms with E-state index in [4.69, 9.17) is 10.8 Å². The molecule has 0 amide bonds. The monoisotopic (exact) mass is 216 g/mol. The van der Waals surface area contributed by atoms with Gasteiger partial charge in [-0.1, -0.05) is 0 Å². The minimum Gasteiger partial charge on any atom is -0.478 e. The van der Waals surface area contributed by atoms with Crippen molar-refractivity contribution in [3.8, 4) is 0 Å². The van der Waals surface area contributed by atoms with E-state index in [0.717, 1.165) is 0 Å². The minimum absolute atomic E-state index is 0.0133. The highest BCUT2D eigenvalue weighted by Crippen LogP contribution is 2.20. The lowest BCUT2D eigenvalue weighted by Crippen LogP contribution is -2.03. The van der Waals surface area contributed by atoms with E-state index in [9.17, 15) is 4.79 Å². The third kappa shape index (κ3) is 1.48. The summed E-state index contributed by atoms with van der Waals surface area (Å²) in [6, 6.07) is 0. The molecular formula is C6H5BrN2O2. The highest BCUT2D eigenvalue weighted by Gasteiger charge is 2.09. The molecule has 4 nitrogen and oxygen atoms in total. The van der Waals surface area contributed by atoms with Crippen LogP contribution in [0.3, 0.4) is 0 Å². The lowest BCUT2D eigenvalue weighted by molar-refractivity contribution is 0.0697. The SMILES string of the molecule is Nc1c(Br)cncc1C(=O)O. The summed E-state index contributed by atoms with van der Waals surface area (Å²) in [6.45, 7) is 0. The standard InChI is InChI=1S/C6H5BrN2O2/c7-4-2-9-1-3(5(4)8)6(10)11/h1-2H,(H2,8,9)(H,10,11). The zero-order chi connectivity index (χ0) is 8.43. The van der Waals surface area contributed by atoms with Gasteiger partial charge in [-0.3, -0.25) is 4.98 Å². The maximum Gasteiger partial charge on any atom is 0.339 e. The van der Waals surface area contributed by atoms with Crippen molar-refractivity contribution in [3.05, 3.63) is 22.4 Å². The molecule has 3 N–H and O–H groups in total. The molecule has 0 aliphatic heterocycles. The molecule has 0 radical (unpaired) electrons. The summed E-state index contributed by atoms with van der Waals surface area (Å²) in [5.41, 5.74) is 5.63. The maximum absolute atomic E-state index is 10.4. The molecule has 1 aromatic heterocycles. The summed E-state index contributed by atoms with van der Waals surface area (Å²) in [7, 11) is 0. The van der Waals surface area contributed by atoms with E-state index in [1.54, 1.807) is 0 Å². The number of anilines is 1. The van der Waals surface area contributed by atoms with Gasteiger partial charge in [-0.15, -0.1) is 0 Å². The Bertz CT molecular complexity index is 301. The van der Waals surface area contributed by atoms with Crippen LogP contribution in [0, 0.1) is 0 Å². The number of aromatic carboxylic acids is 1. The Morgan fingerprint density at radius 3 is 2.73 bits per heavy atom. The van der Waals surface area contributed by atoms with Crippen LogP contribution in [-0.4, -0.2) is 16.1 Å². The van der Waals surface area contributed by atoms with Crippen molar-refractivity contribution in [1.82, 2.24) is 4.98 Å². The average Bonchev–Trinajstić information content (AvgIpc) is 1.94. The quantitative estimate of drug-likeness (QED) is 0.738. The topological polar surface area (TPSA) is 76.2 Å². The molecular weight excluding hydrogens is 212 g/mol. The van der Waals surface area contributed by atoms with Gasteiger partial charge >= 0.3 is 5.97 Å². The second kappa shape index (κ2) is 2.87. The van der Waals surface area contributed by atoms with Gasteiger partial charge in [0.2, 0.25) is 0 Å². The molecule has 0 saturated carbocycles. The number of hydrogen-bond acceptors (Lipinski definition) is 3. The van der Waals surface area contributed by atoms with E-state index in [2.05, 4.69) is 20.9 Å². The predicted octanol–water partition coefficient (Wildman–Crippen LogP) is 1.12. The number of hydrogen-bond donors (Lipinski definition) is 2. The average molecular weight is 217 g/mol. The van der Waals surface area contributed by atoms with Gasteiger partial charge in [0, 0.05) is 12.4 Å². The number of aromatic nitrogens is 1. The summed E-state index contributed by atoms with van der Waals surface area (Å²) in [6.07, 6.45) is 2.66. The van der Waals surface area contributed by atoms with Crippen LogP contribution in [0.1, 0.15) is 10.4 Å². The summed E-state index contributed by atoms with van der Waals surface area (Å²) in [5, 5.41) is 8.55. The number of carboxylic acids is 1. The number of halogens is 1. The minimum atomic E-state index is -1.07. The van der Waals surface area contributed by atoms with Crippen LogP contribution < -0.4 is 5.73 Å². The number of carboxylic acid groups (broad SMARTS) is 1. The molecule has 0 aliphatic rings. The van der Waals surface area contributed by atoms with Crippen LogP contribution in [-0.2, 0) is 0 Å². The van der Waals surface area contributed by atoms with Gasteiger partial charge < -0.3 is 10.8 Å². The predicted molar refractivity (Wildman–Crippen MR) is 43.3 cm³/mol. The summed E-state index contributed by atoms with van der Waals surface area (Å²) in [4.78, 5) is 14.1. The molecule has 0 aromatic carbocycles. The summed E-state index contributed by atoms with van der Waals surface area (Å²) in [5.74, 6) is -1.07. The molecule has 0 unspecified atom stereocenters. The third-order valence-electron chi connectivity index (χ3n) is 1.17. The molecule has 0 aliphatic carbocycles. The first kappa shape index (κ1) is 8.00. The number of nitrogen functional groups attached to an aromatic ring is 1. The van der Waals surface area contributed by atoms with E-state index in [-0.39, 0.29) is 11.3 Å². The lowest BCUT2D eigenvalue weighted by atomic mass is 10.2. The van der Waals surface area contributed by atoms with Gasteiger partial charge in [-0.05, 0) is 15.9 Å². The molecule has 1 aromatic rings. The van der Waals surface area contributed by atoms with Gasteiger partial charge in [0.25, 0.3) is 0 Å². The molecule has 0 spiro atoms. The Morgan fingerprint density at radius 1 is 1.64 bits per heavy atom. The van der Waals surface area contributed by atoms with Crippen molar-refractivity contribution in [1.29, 1.82) is 0 Å². The van der Waals surface area contributed by atoms with Crippen molar-refractivity contribution >= 4 is 27.6 Å². The molecule has 0 fully saturated rings. The maximum atomic E-state index is 10.4. The fourth-order valence-electron chi connectivity index (χ4n) is 0.615. The molecule has 0 bridgehead atoms. The van der Waals surface area contributed by atoms with Gasteiger partial charge in [-0.2, -0.15) is 0 Å². The van der Waals surface area contributed by atoms with Crippen molar-refractivity contribution in [2.75, 3.05) is 5.73 Å². The van der Waals surface area contributed by atoms with Crippen LogP contribution >= 0.6 is 15.9 Å². The molecule has 5 heteroatoms. The number of carbonyl (C=O) groups is 1. The number of nitrogens with two attached hydrogens (primary N) is 1. The second-order valence-electron chi connectivity index (χ2n) is 1.89. The van der Waals surface area contributed by atoms with Gasteiger partial charge in [0.1, 0.15) is 5.56 Å². The molecule has 0 atom stereocenters. The van der Waals surface area contributed by atoms with Crippen LogP contribution in [0.4, 0.5) is 5.69 Å². The Morgan fingerprint density at radius 2 is 2.27 bits per heavy atom. The van der Waals surface area contributed by atoms with Crippen molar-refractivity contribution < 1.29 is 9.90 Å². The van der Waals surface area contributed by atoms with E-state index in [1.165, 1.54) is 12.4 Å². The van der Waals surface area contributed by atoms with Gasteiger partial charge in [0.15, 0.2) is 0 Å². The van der Waals surface area contributed by atoms with Crippen LogP contribution in [0.2, 0.25) is 0 Å². The van der Waals surface area contributed by atoms with Crippen LogP contribution in [0.5, 0.6) is 0 Å². The van der Waals surface area contributed by atoms with E-state index in [0.29, 0.717) is 4.47 Å². The Labute approximate surface area is 71.2 Å². The van der Waals surface area contributed by atoms with Crippen LogP contribution in [0.25, 0.3) is 0 Å². The van der Waals surface area contributed by atoms with Crippen molar-refractivity contribution in [2.24, 2.45) is 0 Å². The van der Waals surface area contributed by atoms with Crippen molar-refractivity contribution in [2.45, 2.75) is 0 Å². The lowest BCUT2D eigenvalue weighted by Gasteiger charge is -1.99. The Balaban J connectivity index is 3.27. The molecule has 58 valence electrons. The normalized spacial score (nSPS) is 9.55. The zero-order valence-corrected chi connectivity index (χ0v) is 7.00. The molecule has 11 heavy (non-hydrogen) atoms. The number of nitrogens with zero attached hydrogens (tertiary/aromatic N) is 1. The van der Waals surface area contributed by atoms with Gasteiger partial charge in [-0.25, -0.2) is 4.79 Å². The second-order valence-corrected chi connectivity index (χ2v) is 2.74. The first-order valence-electron chi connectivity index (χ1n) is 2.75. The van der Waals surface area contributed by atoms with E-state index in [1.807, 2.05) is 0 Å². The summed E-state index contributed by atoms with van der Waals surface area (Å²) < 4.78 is 0.498.